The average molecular weight is 372 g/mol. The SMILES string of the molecule is CCOc1ccc(CN(CC)Cc2cc(=O)n3nc(CC)sc3n2)cc1. The lowest BCUT2D eigenvalue weighted by atomic mass is 10.2. The van der Waals surface area contributed by atoms with Crippen LogP contribution in [-0.4, -0.2) is 32.6 Å². The molecule has 0 aliphatic carbocycles. The summed E-state index contributed by atoms with van der Waals surface area (Å²) >= 11 is 1.48. The number of fused-ring (bicyclic) bond motifs is 1. The second-order valence-electron chi connectivity index (χ2n) is 6.01. The quantitative estimate of drug-likeness (QED) is 0.608. The third-order valence-corrected chi connectivity index (χ3v) is 5.17. The molecule has 0 radical (unpaired) electrons. The van der Waals surface area contributed by atoms with Crippen LogP contribution in [0.15, 0.2) is 35.1 Å². The first-order valence-corrected chi connectivity index (χ1v) is 9.77. The Labute approximate surface area is 157 Å². The fraction of sp³-hybridized carbons (Fsp3) is 0.421. The van der Waals surface area contributed by atoms with Gasteiger partial charge in [0, 0.05) is 19.2 Å². The van der Waals surface area contributed by atoms with Crippen LogP contribution in [-0.2, 0) is 19.5 Å². The molecule has 2 aromatic heterocycles. The lowest BCUT2D eigenvalue weighted by molar-refractivity contribution is 0.268. The van der Waals surface area contributed by atoms with E-state index in [-0.39, 0.29) is 5.56 Å². The van der Waals surface area contributed by atoms with E-state index in [4.69, 9.17) is 4.74 Å². The summed E-state index contributed by atoms with van der Waals surface area (Å²) in [6, 6.07) is 9.73. The van der Waals surface area contributed by atoms with Gasteiger partial charge in [-0.15, -0.1) is 0 Å². The molecule has 138 valence electrons. The van der Waals surface area contributed by atoms with Crippen LogP contribution in [0.4, 0.5) is 0 Å². The topological polar surface area (TPSA) is 59.7 Å². The summed E-state index contributed by atoms with van der Waals surface area (Å²) in [5, 5.41) is 5.22. The van der Waals surface area contributed by atoms with E-state index in [0.29, 0.717) is 18.1 Å². The van der Waals surface area contributed by atoms with E-state index in [0.717, 1.165) is 36.0 Å². The molecule has 0 aliphatic heterocycles. The molecule has 0 atom stereocenters. The van der Waals surface area contributed by atoms with Crippen molar-refractivity contribution < 1.29 is 4.74 Å². The standard InChI is InChI=1S/C19H24N4O2S/c1-4-17-21-23-18(24)11-15(20-19(23)26-17)13-22(5-2)12-14-7-9-16(10-8-14)25-6-3/h7-11H,4-6,12-13H2,1-3H3. The van der Waals surface area contributed by atoms with Crippen LogP contribution in [0, 0.1) is 0 Å². The van der Waals surface area contributed by atoms with Crippen LogP contribution in [0.3, 0.4) is 0 Å². The van der Waals surface area contributed by atoms with Crippen LogP contribution in [0.1, 0.15) is 37.0 Å². The molecule has 0 aliphatic rings. The molecule has 0 spiro atoms. The van der Waals surface area contributed by atoms with Crippen molar-refractivity contribution in [1.82, 2.24) is 19.5 Å². The van der Waals surface area contributed by atoms with Crippen molar-refractivity contribution in [3.8, 4) is 5.75 Å². The Balaban J connectivity index is 1.75. The number of hydrogen-bond acceptors (Lipinski definition) is 6. The summed E-state index contributed by atoms with van der Waals surface area (Å²) < 4.78 is 6.89. The Morgan fingerprint density at radius 2 is 1.92 bits per heavy atom. The highest BCUT2D eigenvalue weighted by molar-refractivity contribution is 7.16. The number of hydrogen-bond donors (Lipinski definition) is 0. The fourth-order valence-electron chi connectivity index (χ4n) is 2.74. The van der Waals surface area contributed by atoms with E-state index in [1.807, 2.05) is 26.0 Å². The Kier molecular flexibility index (Phi) is 6.00. The van der Waals surface area contributed by atoms with Crippen LogP contribution in [0.2, 0.25) is 0 Å². The van der Waals surface area contributed by atoms with Gasteiger partial charge in [0.2, 0.25) is 4.96 Å². The predicted octanol–water partition coefficient (Wildman–Crippen LogP) is 3.13. The Bertz CT molecular complexity index is 917. The minimum absolute atomic E-state index is 0.113. The fourth-order valence-corrected chi connectivity index (χ4v) is 3.60. The van der Waals surface area contributed by atoms with Gasteiger partial charge in [-0.2, -0.15) is 9.61 Å². The Morgan fingerprint density at radius 1 is 1.15 bits per heavy atom. The first-order valence-electron chi connectivity index (χ1n) is 8.95. The monoisotopic (exact) mass is 372 g/mol. The molecular formula is C19H24N4O2S. The van der Waals surface area contributed by atoms with E-state index in [1.165, 1.54) is 21.4 Å². The molecule has 7 heteroatoms. The second-order valence-corrected chi connectivity index (χ2v) is 7.05. The predicted molar refractivity (Wildman–Crippen MR) is 104 cm³/mol. The number of ether oxygens (including phenoxy) is 1. The lowest BCUT2D eigenvalue weighted by Gasteiger charge is -2.20. The summed E-state index contributed by atoms with van der Waals surface area (Å²) in [6.07, 6.45) is 0.807. The maximum Gasteiger partial charge on any atom is 0.275 e. The van der Waals surface area contributed by atoms with Gasteiger partial charge in [0.15, 0.2) is 0 Å². The van der Waals surface area contributed by atoms with Crippen LogP contribution >= 0.6 is 11.3 Å². The highest BCUT2D eigenvalue weighted by Gasteiger charge is 2.11. The van der Waals surface area contributed by atoms with E-state index in [2.05, 4.69) is 34.0 Å². The molecule has 0 bridgehead atoms. The summed E-state index contributed by atoms with van der Waals surface area (Å²) in [6.45, 7) is 9.09. The van der Waals surface area contributed by atoms with Crippen LogP contribution < -0.4 is 10.3 Å². The lowest BCUT2D eigenvalue weighted by Crippen LogP contribution is -2.25. The maximum atomic E-state index is 12.3. The summed E-state index contributed by atoms with van der Waals surface area (Å²) in [4.78, 5) is 19.8. The molecule has 1 aromatic carbocycles. The second kappa shape index (κ2) is 8.42. The smallest absolute Gasteiger partial charge is 0.275 e. The van der Waals surface area contributed by atoms with Gasteiger partial charge in [0.05, 0.1) is 12.3 Å². The summed E-state index contributed by atoms with van der Waals surface area (Å²) in [5.74, 6) is 0.886. The van der Waals surface area contributed by atoms with Crippen LogP contribution in [0.25, 0.3) is 4.96 Å². The van der Waals surface area contributed by atoms with E-state index < -0.39 is 0 Å². The van der Waals surface area contributed by atoms with Crippen molar-refractivity contribution in [2.75, 3.05) is 13.2 Å². The summed E-state index contributed by atoms with van der Waals surface area (Å²) in [5.41, 5.74) is 1.88. The van der Waals surface area contributed by atoms with E-state index in [1.54, 1.807) is 6.07 Å². The Hall–Kier alpha value is -2.25. The highest BCUT2D eigenvalue weighted by Crippen LogP contribution is 2.16. The molecule has 0 amide bonds. The summed E-state index contributed by atoms with van der Waals surface area (Å²) in [7, 11) is 0. The van der Waals surface area contributed by atoms with Gasteiger partial charge in [-0.25, -0.2) is 4.98 Å². The van der Waals surface area contributed by atoms with Crippen molar-refractivity contribution in [1.29, 1.82) is 0 Å². The normalized spacial score (nSPS) is 11.4. The van der Waals surface area contributed by atoms with Gasteiger partial charge in [-0.1, -0.05) is 37.3 Å². The minimum atomic E-state index is -0.113. The average Bonchev–Trinajstić information content (AvgIpc) is 3.07. The Morgan fingerprint density at radius 3 is 2.58 bits per heavy atom. The molecular weight excluding hydrogens is 348 g/mol. The number of aryl methyl sites for hydroxylation is 1. The molecule has 6 nitrogen and oxygen atoms in total. The van der Waals surface area contributed by atoms with Gasteiger partial charge in [0.1, 0.15) is 10.8 Å². The molecule has 0 saturated carbocycles. The number of rotatable bonds is 8. The number of nitrogens with zero attached hydrogens (tertiary/aromatic N) is 4. The van der Waals surface area contributed by atoms with Crippen molar-refractivity contribution in [3.63, 3.8) is 0 Å². The van der Waals surface area contributed by atoms with Gasteiger partial charge < -0.3 is 4.74 Å². The van der Waals surface area contributed by atoms with Crippen molar-refractivity contribution >= 4 is 16.3 Å². The molecule has 3 rings (SSSR count). The maximum absolute atomic E-state index is 12.3. The molecule has 26 heavy (non-hydrogen) atoms. The first-order chi connectivity index (χ1) is 12.6. The first kappa shape index (κ1) is 18.5. The van der Waals surface area contributed by atoms with E-state index in [9.17, 15) is 4.79 Å². The minimum Gasteiger partial charge on any atom is -0.494 e. The zero-order chi connectivity index (χ0) is 18.5. The molecule has 2 heterocycles. The largest absolute Gasteiger partial charge is 0.494 e. The highest BCUT2D eigenvalue weighted by atomic mass is 32.1. The van der Waals surface area contributed by atoms with Gasteiger partial charge in [-0.3, -0.25) is 9.69 Å². The third-order valence-electron chi connectivity index (χ3n) is 4.12. The van der Waals surface area contributed by atoms with Gasteiger partial charge in [0.25, 0.3) is 5.56 Å². The molecule has 0 unspecified atom stereocenters. The molecule has 0 N–H and O–H groups in total. The van der Waals surface area contributed by atoms with Crippen molar-refractivity contribution in [2.45, 2.75) is 40.3 Å². The van der Waals surface area contributed by atoms with E-state index >= 15 is 0 Å². The van der Waals surface area contributed by atoms with Gasteiger partial charge in [-0.05, 0) is 37.6 Å². The van der Waals surface area contributed by atoms with Crippen LogP contribution in [0.5, 0.6) is 5.75 Å². The van der Waals surface area contributed by atoms with Crippen molar-refractivity contribution in [3.05, 3.63) is 57.0 Å². The molecule has 0 fully saturated rings. The van der Waals surface area contributed by atoms with Crippen molar-refractivity contribution in [2.24, 2.45) is 0 Å². The molecule has 3 aromatic rings. The number of benzene rings is 1. The zero-order valence-electron chi connectivity index (χ0n) is 15.4. The molecule has 0 saturated heterocycles. The zero-order valence-corrected chi connectivity index (χ0v) is 16.3. The van der Waals surface area contributed by atoms with Gasteiger partial charge >= 0.3 is 0 Å². The third kappa shape index (κ3) is 4.28. The number of aromatic nitrogens is 3.